The molecule has 0 amide bonds. The zero-order valence-electron chi connectivity index (χ0n) is 12.0. The molecule has 0 aliphatic heterocycles. The third-order valence-corrected chi connectivity index (χ3v) is 3.47. The first-order valence-corrected chi connectivity index (χ1v) is 6.92. The number of halogens is 1. The molecule has 0 saturated heterocycles. The SMILES string of the molecule is Cc1cc2ncc(CNC(C)c3ccccc3F)cn2n1. The first-order chi connectivity index (χ1) is 10.1. The molecule has 0 aliphatic carbocycles. The van der Waals surface area contributed by atoms with Gasteiger partial charge in [-0.05, 0) is 19.9 Å². The van der Waals surface area contributed by atoms with Crippen molar-refractivity contribution >= 4 is 5.65 Å². The van der Waals surface area contributed by atoms with E-state index in [0.717, 1.165) is 16.9 Å². The van der Waals surface area contributed by atoms with Crippen LogP contribution in [0.15, 0.2) is 42.7 Å². The molecule has 0 radical (unpaired) electrons. The molecule has 108 valence electrons. The van der Waals surface area contributed by atoms with Crippen LogP contribution in [0.4, 0.5) is 4.39 Å². The second-order valence-corrected chi connectivity index (χ2v) is 5.17. The van der Waals surface area contributed by atoms with Gasteiger partial charge in [0.05, 0.1) is 5.69 Å². The Morgan fingerprint density at radius 2 is 2.14 bits per heavy atom. The highest BCUT2D eigenvalue weighted by Crippen LogP contribution is 2.16. The van der Waals surface area contributed by atoms with Crippen LogP contribution in [-0.2, 0) is 6.54 Å². The Morgan fingerprint density at radius 3 is 2.95 bits per heavy atom. The van der Waals surface area contributed by atoms with Gasteiger partial charge in [-0.1, -0.05) is 18.2 Å². The standard InChI is InChI=1S/C16H17FN4/c1-11-7-16-19-9-13(10-21(16)20-11)8-18-12(2)14-5-3-4-6-15(14)17/h3-7,9-10,12,18H,8H2,1-2H3. The molecule has 1 unspecified atom stereocenters. The Balaban J connectivity index is 1.72. The van der Waals surface area contributed by atoms with E-state index in [2.05, 4.69) is 15.4 Å². The molecule has 0 aliphatic rings. The van der Waals surface area contributed by atoms with Gasteiger partial charge in [0.15, 0.2) is 5.65 Å². The second-order valence-electron chi connectivity index (χ2n) is 5.17. The van der Waals surface area contributed by atoms with E-state index in [1.165, 1.54) is 6.07 Å². The molecule has 4 nitrogen and oxygen atoms in total. The summed E-state index contributed by atoms with van der Waals surface area (Å²) in [6.07, 6.45) is 3.76. The van der Waals surface area contributed by atoms with Crippen LogP contribution in [0.5, 0.6) is 0 Å². The minimum absolute atomic E-state index is 0.0683. The molecule has 0 fully saturated rings. The van der Waals surface area contributed by atoms with E-state index in [4.69, 9.17) is 0 Å². The van der Waals surface area contributed by atoms with Crippen molar-refractivity contribution in [2.75, 3.05) is 0 Å². The summed E-state index contributed by atoms with van der Waals surface area (Å²) in [5.41, 5.74) is 3.45. The number of fused-ring (bicyclic) bond motifs is 1. The van der Waals surface area contributed by atoms with Gasteiger partial charge in [-0.15, -0.1) is 0 Å². The number of rotatable bonds is 4. The van der Waals surface area contributed by atoms with Crippen molar-refractivity contribution in [1.82, 2.24) is 19.9 Å². The van der Waals surface area contributed by atoms with Gasteiger partial charge in [0.1, 0.15) is 5.82 Å². The van der Waals surface area contributed by atoms with Crippen LogP contribution in [-0.4, -0.2) is 14.6 Å². The average Bonchev–Trinajstić information content (AvgIpc) is 2.84. The van der Waals surface area contributed by atoms with Gasteiger partial charge >= 0.3 is 0 Å². The van der Waals surface area contributed by atoms with Gasteiger partial charge in [0, 0.05) is 42.2 Å². The van der Waals surface area contributed by atoms with E-state index >= 15 is 0 Å². The number of hydrogen-bond acceptors (Lipinski definition) is 3. The summed E-state index contributed by atoms with van der Waals surface area (Å²) in [7, 11) is 0. The van der Waals surface area contributed by atoms with Gasteiger partial charge in [-0.2, -0.15) is 5.10 Å². The van der Waals surface area contributed by atoms with Crippen LogP contribution in [0.25, 0.3) is 5.65 Å². The fourth-order valence-electron chi connectivity index (χ4n) is 2.33. The van der Waals surface area contributed by atoms with Crippen LogP contribution in [0.2, 0.25) is 0 Å². The zero-order chi connectivity index (χ0) is 14.8. The number of nitrogens with one attached hydrogen (secondary N) is 1. The van der Waals surface area contributed by atoms with Gasteiger partial charge in [0.25, 0.3) is 0 Å². The van der Waals surface area contributed by atoms with Crippen LogP contribution < -0.4 is 5.32 Å². The van der Waals surface area contributed by atoms with E-state index in [0.29, 0.717) is 12.1 Å². The molecule has 21 heavy (non-hydrogen) atoms. The van der Waals surface area contributed by atoms with Crippen molar-refractivity contribution in [1.29, 1.82) is 0 Å². The number of hydrogen-bond donors (Lipinski definition) is 1. The van der Waals surface area contributed by atoms with E-state index in [1.807, 2.05) is 38.4 Å². The minimum atomic E-state index is -0.186. The van der Waals surface area contributed by atoms with Crippen molar-refractivity contribution in [3.8, 4) is 0 Å². The smallest absolute Gasteiger partial charge is 0.155 e. The molecule has 0 saturated carbocycles. The Bertz CT molecular complexity index is 766. The summed E-state index contributed by atoms with van der Waals surface area (Å²) in [4.78, 5) is 4.36. The molecule has 1 atom stereocenters. The average molecular weight is 284 g/mol. The maximum Gasteiger partial charge on any atom is 0.155 e. The second kappa shape index (κ2) is 5.61. The van der Waals surface area contributed by atoms with Crippen molar-refractivity contribution in [3.63, 3.8) is 0 Å². The molecular weight excluding hydrogens is 267 g/mol. The van der Waals surface area contributed by atoms with Crippen LogP contribution in [0, 0.1) is 12.7 Å². The first kappa shape index (κ1) is 13.7. The fourth-order valence-corrected chi connectivity index (χ4v) is 2.33. The molecule has 3 aromatic rings. The maximum atomic E-state index is 13.7. The monoisotopic (exact) mass is 284 g/mol. The van der Waals surface area contributed by atoms with Crippen molar-refractivity contribution in [3.05, 3.63) is 65.4 Å². The zero-order valence-corrected chi connectivity index (χ0v) is 12.0. The van der Waals surface area contributed by atoms with Gasteiger partial charge in [0.2, 0.25) is 0 Å². The molecule has 5 heteroatoms. The highest BCUT2D eigenvalue weighted by molar-refractivity contribution is 5.38. The Kier molecular flexibility index (Phi) is 3.66. The minimum Gasteiger partial charge on any atom is -0.306 e. The summed E-state index contributed by atoms with van der Waals surface area (Å²) < 4.78 is 15.5. The number of nitrogens with zero attached hydrogens (tertiary/aromatic N) is 3. The lowest BCUT2D eigenvalue weighted by Crippen LogP contribution is -2.19. The summed E-state index contributed by atoms with van der Waals surface area (Å²) in [6.45, 7) is 4.49. The highest BCUT2D eigenvalue weighted by atomic mass is 19.1. The molecule has 2 aromatic heterocycles. The molecule has 1 aromatic carbocycles. The van der Waals surface area contributed by atoms with E-state index in [1.54, 1.807) is 16.6 Å². The van der Waals surface area contributed by atoms with Crippen molar-refractivity contribution < 1.29 is 4.39 Å². The third kappa shape index (κ3) is 2.92. The molecule has 2 heterocycles. The molecule has 0 spiro atoms. The summed E-state index contributed by atoms with van der Waals surface area (Å²) in [5, 5.41) is 7.65. The lowest BCUT2D eigenvalue weighted by atomic mass is 10.1. The Labute approximate surface area is 122 Å². The van der Waals surface area contributed by atoms with E-state index in [-0.39, 0.29) is 11.9 Å². The van der Waals surface area contributed by atoms with Gasteiger partial charge in [-0.3, -0.25) is 0 Å². The first-order valence-electron chi connectivity index (χ1n) is 6.92. The Hall–Kier alpha value is -2.27. The lowest BCUT2D eigenvalue weighted by Gasteiger charge is -2.14. The van der Waals surface area contributed by atoms with Crippen LogP contribution in [0.1, 0.15) is 29.8 Å². The van der Waals surface area contributed by atoms with E-state index < -0.39 is 0 Å². The molecule has 0 bridgehead atoms. The maximum absolute atomic E-state index is 13.7. The number of aromatic nitrogens is 3. The van der Waals surface area contributed by atoms with E-state index in [9.17, 15) is 4.39 Å². The van der Waals surface area contributed by atoms with Gasteiger partial charge < -0.3 is 5.32 Å². The number of benzene rings is 1. The predicted octanol–water partition coefficient (Wildman–Crippen LogP) is 3.03. The van der Waals surface area contributed by atoms with Crippen LogP contribution >= 0.6 is 0 Å². The molecule has 1 N–H and O–H groups in total. The third-order valence-electron chi connectivity index (χ3n) is 3.47. The summed E-state index contributed by atoms with van der Waals surface area (Å²) in [5.74, 6) is -0.186. The topological polar surface area (TPSA) is 42.2 Å². The quantitative estimate of drug-likeness (QED) is 0.800. The number of aryl methyl sites for hydroxylation is 1. The normalized spacial score (nSPS) is 12.7. The lowest BCUT2D eigenvalue weighted by molar-refractivity contribution is 0.527. The van der Waals surface area contributed by atoms with Crippen molar-refractivity contribution in [2.45, 2.75) is 26.4 Å². The predicted molar refractivity (Wildman–Crippen MR) is 79.4 cm³/mol. The summed E-state index contributed by atoms with van der Waals surface area (Å²) in [6, 6.07) is 8.68. The van der Waals surface area contributed by atoms with Crippen molar-refractivity contribution in [2.24, 2.45) is 0 Å². The largest absolute Gasteiger partial charge is 0.306 e. The van der Waals surface area contributed by atoms with Gasteiger partial charge in [-0.25, -0.2) is 13.9 Å². The summed E-state index contributed by atoms with van der Waals surface area (Å²) >= 11 is 0. The fraction of sp³-hybridized carbons (Fsp3) is 0.250. The molecular formula is C16H17FN4. The Morgan fingerprint density at radius 1 is 1.33 bits per heavy atom. The highest BCUT2D eigenvalue weighted by Gasteiger charge is 2.10. The van der Waals surface area contributed by atoms with Crippen LogP contribution in [0.3, 0.4) is 0 Å². The molecule has 3 rings (SSSR count).